The number of aromatic nitrogens is 1. The van der Waals surface area contributed by atoms with Crippen molar-refractivity contribution in [2.45, 2.75) is 0 Å². The Morgan fingerprint density at radius 3 is 2.74 bits per heavy atom. The molecule has 0 bridgehead atoms. The number of thiazole rings is 1. The van der Waals surface area contributed by atoms with Crippen molar-refractivity contribution in [3.05, 3.63) is 41.4 Å². The van der Waals surface area contributed by atoms with Crippen LogP contribution in [0.15, 0.2) is 29.8 Å². The molecule has 0 aliphatic carbocycles. The lowest BCUT2D eigenvalue weighted by atomic mass is 10.3. The van der Waals surface area contributed by atoms with E-state index in [4.69, 9.17) is 0 Å². The van der Waals surface area contributed by atoms with E-state index < -0.39 is 11.6 Å². The van der Waals surface area contributed by atoms with Gasteiger partial charge in [-0.3, -0.25) is 9.69 Å². The predicted molar refractivity (Wildman–Crippen MR) is 85.8 cm³/mol. The zero-order chi connectivity index (χ0) is 16.2. The summed E-state index contributed by atoms with van der Waals surface area (Å²) < 4.78 is 26.6. The van der Waals surface area contributed by atoms with Crippen molar-refractivity contribution in [3.8, 4) is 0 Å². The maximum absolute atomic E-state index is 13.5. The van der Waals surface area contributed by atoms with Crippen molar-refractivity contribution in [2.75, 3.05) is 42.9 Å². The molecule has 1 aromatic carbocycles. The van der Waals surface area contributed by atoms with Gasteiger partial charge in [-0.05, 0) is 12.1 Å². The van der Waals surface area contributed by atoms with Crippen molar-refractivity contribution >= 4 is 28.1 Å². The third-order valence-electron chi connectivity index (χ3n) is 3.63. The van der Waals surface area contributed by atoms with Crippen molar-refractivity contribution in [1.29, 1.82) is 0 Å². The summed E-state index contributed by atoms with van der Waals surface area (Å²) in [6.07, 6.45) is 1.77. The fourth-order valence-corrected chi connectivity index (χ4v) is 3.15. The number of amides is 1. The van der Waals surface area contributed by atoms with Crippen LogP contribution in [-0.4, -0.2) is 48.5 Å². The Kier molecular flexibility index (Phi) is 4.82. The average molecular weight is 338 g/mol. The minimum atomic E-state index is -0.645. The summed E-state index contributed by atoms with van der Waals surface area (Å²) in [5, 5.41) is 5.33. The van der Waals surface area contributed by atoms with Crippen LogP contribution in [-0.2, 0) is 4.79 Å². The summed E-state index contributed by atoms with van der Waals surface area (Å²) in [6, 6.07) is 2.99. The molecule has 5 nitrogen and oxygen atoms in total. The zero-order valence-electron chi connectivity index (χ0n) is 12.3. The Hall–Kier alpha value is -2.06. The van der Waals surface area contributed by atoms with Crippen LogP contribution in [0.1, 0.15) is 0 Å². The second-order valence-electron chi connectivity index (χ2n) is 5.25. The summed E-state index contributed by atoms with van der Waals surface area (Å²) in [4.78, 5) is 20.4. The third kappa shape index (κ3) is 4.02. The Balaban J connectivity index is 1.50. The van der Waals surface area contributed by atoms with Crippen molar-refractivity contribution < 1.29 is 13.6 Å². The number of nitrogens with one attached hydrogen (secondary N) is 1. The van der Waals surface area contributed by atoms with E-state index in [1.807, 2.05) is 10.3 Å². The summed E-state index contributed by atoms with van der Waals surface area (Å²) in [7, 11) is 0. The molecule has 1 aromatic heterocycles. The fraction of sp³-hybridized carbons (Fsp3) is 0.333. The van der Waals surface area contributed by atoms with Crippen LogP contribution >= 0.6 is 11.3 Å². The third-order valence-corrected chi connectivity index (χ3v) is 4.46. The van der Waals surface area contributed by atoms with E-state index in [2.05, 4.69) is 15.2 Å². The minimum absolute atomic E-state index is 0.128. The molecule has 0 saturated carbocycles. The molecule has 122 valence electrons. The first-order valence-corrected chi connectivity index (χ1v) is 8.11. The van der Waals surface area contributed by atoms with Gasteiger partial charge in [0.25, 0.3) is 0 Å². The number of rotatable bonds is 4. The standard InChI is InChI=1S/C15H16F2N4OS/c16-11-1-2-12(17)13(9-11)19-14(22)10-20-4-6-21(7-5-20)15-18-3-8-23-15/h1-3,8-9H,4-7,10H2,(H,19,22). The van der Waals surface area contributed by atoms with Crippen LogP contribution in [0.3, 0.4) is 0 Å². The molecule has 0 radical (unpaired) electrons. The normalized spacial score (nSPS) is 15.7. The van der Waals surface area contributed by atoms with Gasteiger partial charge in [0.15, 0.2) is 5.13 Å². The first kappa shape index (κ1) is 15.8. The SMILES string of the molecule is O=C(CN1CCN(c2nccs2)CC1)Nc1cc(F)ccc1F. The highest BCUT2D eigenvalue weighted by atomic mass is 32.1. The van der Waals surface area contributed by atoms with Gasteiger partial charge in [0.1, 0.15) is 11.6 Å². The number of benzene rings is 1. The highest BCUT2D eigenvalue weighted by Gasteiger charge is 2.20. The molecule has 0 unspecified atom stereocenters. The highest BCUT2D eigenvalue weighted by Crippen LogP contribution is 2.19. The van der Waals surface area contributed by atoms with Gasteiger partial charge in [0, 0.05) is 43.8 Å². The number of carbonyl (C=O) groups excluding carboxylic acids is 1. The van der Waals surface area contributed by atoms with E-state index in [1.165, 1.54) is 0 Å². The lowest BCUT2D eigenvalue weighted by Crippen LogP contribution is -2.48. The van der Waals surface area contributed by atoms with Gasteiger partial charge in [0.05, 0.1) is 12.2 Å². The molecular weight excluding hydrogens is 322 g/mol. The minimum Gasteiger partial charge on any atom is -0.346 e. The molecule has 2 heterocycles. The van der Waals surface area contributed by atoms with Crippen molar-refractivity contribution in [1.82, 2.24) is 9.88 Å². The average Bonchev–Trinajstić information content (AvgIpc) is 3.06. The number of hydrogen-bond donors (Lipinski definition) is 1. The summed E-state index contributed by atoms with van der Waals surface area (Å²) in [5.41, 5.74) is -0.128. The van der Waals surface area contributed by atoms with E-state index in [1.54, 1.807) is 17.5 Å². The van der Waals surface area contributed by atoms with Crippen LogP contribution < -0.4 is 10.2 Å². The molecule has 1 aliphatic heterocycles. The lowest BCUT2D eigenvalue weighted by molar-refractivity contribution is -0.117. The van der Waals surface area contributed by atoms with Crippen LogP contribution in [0.25, 0.3) is 0 Å². The molecule has 23 heavy (non-hydrogen) atoms. The van der Waals surface area contributed by atoms with Gasteiger partial charge in [0.2, 0.25) is 5.91 Å². The van der Waals surface area contributed by atoms with E-state index in [0.717, 1.165) is 49.5 Å². The molecular formula is C15H16F2N4OS. The van der Waals surface area contributed by atoms with Crippen molar-refractivity contribution in [3.63, 3.8) is 0 Å². The van der Waals surface area contributed by atoms with Crippen LogP contribution in [0.2, 0.25) is 0 Å². The first-order chi connectivity index (χ1) is 11.1. The Morgan fingerprint density at radius 1 is 1.26 bits per heavy atom. The number of piperazine rings is 1. The van der Waals surface area contributed by atoms with Gasteiger partial charge < -0.3 is 10.2 Å². The molecule has 1 fully saturated rings. The molecule has 0 atom stereocenters. The number of anilines is 2. The second kappa shape index (κ2) is 7.01. The number of hydrogen-bond acceptors (Lipinski definition) is 5. The highest BCUT2D eigenvalue weighted by molar-refractivity contribution is 7.13. The molecule has 1 aliphatic rings. The van der Waals surface area contributed by atoms with Crippen LogP contribution in [0.4, 0.5) is 19.6 Å². The van der Waals surface area contributed by atoms with E-state index in [9.17, 15) is 13.6 Å². The van der Waals surface area contributed by atoms with E-state index in [0.29, 0.717) is 0 Å². The van der Waals surface area contributed by atoms with Crippen LogP contribution in [0, 0.1) is 11.6 Å². The maximum atomic E-state index is 13.5. The number of halogens is 2. The van der Waals surface area contributed by atoms with Gasteiger partial charge in [-0.15, -0.1) is 11.3 Å². The molecule has 1 N–H and O–H groups in total. The summed E-state index contributed by atoms with van der Waals surface area (Å²) in [6.45, 7) is 3.17. The van der Waals surface area contributed by atoms with E-state index >= 15 is 0 Å². The monoisotopic (exact) mass is 338 g/mol. The van der Waals surface area contributed by atoms with E-state index in [-0.39, 0.29) is 18.1 Å². The predicted octanol–water partition coefficient (Wildman–Crippen LogP) is 2.18. The zero-order valence-corrected chi connectivity index (χ0v) is 13.2. The second-order valence-corrected chi connectivity index (χ2v) is 6.12. The van der Waals surface area contributed by atoms with Gasteiger partial charge >= 0.3 is 0 Å². The fourth-order valence-electron chi connectivity index (χ4n) is 2.46. The number of carbonyl (C=O) groups is 1. The maximum Gasteiger partial charge on any atom is 0.238 e. The number of nitrogens with zero attached hydrogens (tertiary/aromatic N) is 3. The Morgan fingerprint density at radius 2 is 2.04 bits per heavy atom. The quantitative estimate of drug-likeness (QED) is 0.928. The molecule has 2 aromatic rings. The Labute approximate surface area is 136 Å². The Bertz CT molecular complexity index is 672. The molecule has 1 amide bonds. The molecule has 1 saturated heterocycles. The topological polar surface area (TPSA) is 48.5 Å². The summed E-state index contributed by atoms with van der Waals surface area (Å²) >= 11 is 1.59. The first-order valence-electron chi connectivity index (χ1n) is 7.23. The lowest BCUT2D eigenvalue weighted by Gasteiger charge is -2.34. The van der Waals surface area contributed by atoms with Crippen molar-refractivity contribution in [2.24, 2.45) is 0 Å². The van der Waals surface area contributed by atoms with Gasteiger partial charge in [-0.2, -0.15) is 0 Å². The van der Waals surface area contributed by atoms with Crippen LogP contribution in [0.5, 0.6) is 0 Å². The largest absolute Gasteiger partial charge is 0.346 e. The molecule has 8 heteroatoms. The molecule has 0 spiro atoms. The van der Waals surface area contributed by atoms with Gasteiger partial charge in [-0.25, -0.2) is 13.8 Å². The molecule has 3 rings (SSSR count). The summed E-state index contributed by atoms with van der Waals surface area (Å²) in [5.74, 6) is -1.58. The van der Waals surface area contributed by atoms with Gasteiger partial charge in [-0.1, -0.05) is 0 Å². The smallest absolute Gasteiger partial charge is 0.238 e.